The molecule has 8 atom stereocenters. The topological polar surface area (TPSA) is 92.0 Å². The zero-order valence-corrected chi connectivity index (χ0v) is 16.0. The zero-order chi connectivity index (χ0) is 19.6. The van der Waals surface area contributed by atoms with E-state index in [4.69, 9.17) is 18.6 Å². The van der Waals surface area contributed by atoms with Crippen LogP contribution in [0.4, 0.5) is 0 Å². The molecule has 0 aromatic carbocycles. The fourth-order valence-corrected chi connectivity index (χ4v) is 6.31. The predicted molar refractivity (Wildman–Crippen MR) is 93.5 cm³/mol. The van der Waals surface area contributed by atoms with Gasteiger partial charge in [0.15, 0.2) is 0 Å². The smallest absolute Gasteiger partial charge is 0.310 e. The molecule has 5 rings (SSSR count). The van der Waals surface area contributed by atoms with Gasteiger partial charge in [-0.3, -0.25) is 14.4 Å². The number of carbonyl (C=O) groups excluding carboxylic acids is 3. The molecule has 7 nitrogen and oxygen atoms in total. The Hall–Kier alpha value is -2.31. The first-order valence-electron chi connectivity index (χ1n) is 9.97. The lowest BCUT2D eigenvalue weighted by atomic mass is 9.48. The highest BCUT2D eigenvalue weighted by Gasteiger charge is 2.65. The van der Waals surface area contributed by atoms with Gasteiger partial charge in [-0.1, -0.05) is 6.92 Å². The van der Waals surface area contributed by atoms with Crippen LogP contribution in [0.1, 0.15) is 51.2 Å². The van der Waals surface area contributed by atoms with Crippen LogP contribution in [0.5, 0.6) is 0 Å². The van der Waals surface area contributed by atoms with Crippen molar-refractivity contribution in [3.8, 4) is 0 Å². The third kappa shape index (κ3) is 2.51. The van der Waals surface area contributed by atoms with Gasteiger partial charge in [0, 0.05) is 18.4 Å². The van der Waals surface area contributed by atoms with Crippen LogP contribution in [0.3, 0.4) is 0 Å². The van der Waals surface area contributed by atoms with Crippen molar-refractivity contribution in [1.29, 1.82) is 0 Å². The van der Waals surface area contributed by atoms with Gasteiger partial charge < -0.3 is 18.6 Å². The molecule has 1 aromatic heterocycles. The third-order valence-corrected chi connectivity index (χ3v) is 7.49. The van der Waals surface area contributed by atoms with Crippen LogP contribution >= 0.6 is 0 Å². The average Bonchev–Trinajstić information content (AvgIpc) is 3.25. The molecule has 2 bridgehead atoms. The van der Waals surface area contributed by atoms with Crippen molar-refractivity contribution in [2.24, 2.45) is 29.1 Å². The van der Waals surface area contributed by atoms with Gasteiger partial charge in [0.05, 0.1) is 24.4 Å². The van der Waals surface area contributed by atoms with E-state index in [2.05, 4.69) is 6.92 Å². The van der Waals surface area contributed by atoms with Gasteiger partial charge >= 0.3 is 17.9 Å². The van der Waals surface area contributed by atoms with Crippen LogP contribution in [-0.4, -0.2) is 30.1 Å². The van der Waals surface area contributed by atoms with Gasteiger partial charge in [0.2, 0.25) is 0 Å². The van der Waals surface area contributed by atoms with Gasteiger partial charge in [0.25, 0.3) is 0 Å². The largest absolute Gasteiger partial charge is 0.472 e. The highest BCUT2D eigenvalue weighted by Crippen LogP contribution is 2.62. The summed E-state index contributed by atoms with van der Waals surface area (Å²) in [7, 11) is 0. The number of hydrogen-bond donors (Lipinski definition) is 0. The SMILES string of the molecule is CC(=O)O[C@H]1C[C@@H]2C(=O)O[C@H](c3ccoc3)C[C@@]2(C)[C@@H]2C[C@@H]3C[C@H](C(=O)O3)[C@@H]12. The summed E-state index contributed by atoms with van der Waals surface area (Å²) >= 11 is 0. The van der Waals surface area contributed by atoms with E-state index in [0.717, 1.165) is 5.56 Å². The molecule has 0 radical (unpaired) electrons. The molecular formula is C21H24O7. The van der Waals surface area contributed by atoms with Gasteiger partial charge in [-0.05, 0) is 43.1 Å². The standard InChI is InChI=1S/C21H24O7/c1-10(22)26-16-7-15-20(24)28-17(11-3-4-25-9-11)8-21(15,2)14-6-12-5-13(18(14)16)19(23)27-12/h3-4,9,12-18H,5-8H2,1-2H3/t12-,13-,14+,15+,16-,17-,18+,21-/m0/s1. The van der Waals surface area contributed by atoms with Gasteiger partial charge in [-0.15, -0.1) is 0 Å². The second kappa shape index (κ2) is 6.09. The Morgan fingerprint density at radius 2 is 2.00 bits per heavy atom. The number of rotatable bonds is 2. The van der Waals surface area contributed by atoms with Crippen LogP contribution in [0.2, 0.25) is 0 Å². The summed E-state index contributed by atoms with van der Waals surface area (Å²) in [4.78, 5) is 37.2. The number of fused-ring (bicyclic) bond motifs is 6. The molecule has 3 heterocycles. The molecule has 4 aliphatic rings. The van der Waals surface area contributed by atoms with Gasteiger partial charge in [-0.2, -0.15) is 0 Å². The minimum atomic E-state index is -0.463. The Bertz CT molecular complexity index is 815. The van der Waals surface area contributed by atoms with Crippen molar-refractivity contribution in [1.82, 2.24) is 0 Å². The second-order valence-corrected chi connectivity index (χ2v) is 8.95. The quantitative estimate of drug-likeness (QED) is 0.568. The van der Waals surface area contributed by atoms with Crippen LogP contribution in [0.25, 0.3) is 0 Å². The summed E-state index contributed by atoms with van der Waals surface area (Å²) in [5.41, 5.74) is 0.488. The van der Waals surface area contributed by atoms with Crippen LogP contribution in [0.15, 0.2) is 23.0 Å². The summed E-state index contributed by atoms with van der Waals surface area (Å²) < 4.78 is 22.1. The minimum absolute atomic E-state index is 0.0491. The van der Waals surface area contributed by atoms with Crippen molar-refractivity contribution in [3.05, 3.63) is 24.2 Å². The molecule has 150 valence electrons. The molecule has 0 unspecified atom stereocenters. The maximum Gasteiger partial charge on any atom is 0.310 e. The van der Waals surface area contributed by atoms with E-state index in [0.29, 0.717) is 25.7 Å². The molecule has 1 aromatic rings. The molecular weight excluding hydrogens is 364 g/mol. The molecule has 4 fully saturated rings. The number of esters is 3. The first-order chi connectivity index (χ1) is 13.4. The molecule has 7 heteroatoms. The normalized spacial score (nSPS) is 44.1. The summed E-state index contributed by atoms with van der Waals surface area (Å²) in [6.07, 6.45) is 4.67. The lowest BCUT2D eigenvalue weighted by Gasteiger charge is -2.57. The third-order valence-electron chi connectivity index (χ3n) is 7.49. The summed E-state index contributed by atoms with van der Waals surface area (Å²) in [5.74, 6) is -1.55. The summed E-state index contributed by atoms with van der Waals surface area (Å²) in [6.45, 7) is 3.50. The molecule has 2 aliphatic heterocycles. The lowest BCUT2D eigenvalue weighted by molar-refractivity contribution is -0.207. The van der Waals surface area contributed by atoms with E-state index in [-0.39, 0.29) is 59.2 Å². The minimum Gasteiger partial charge on any atom is -0.472 e. The second-order valence-electron chi connectivity index (χ2n) is 8.95. The van der Waals surface area contributed by atoms with Crippen LogP contribution in [-0.2, 0) is 28.6 Å². The first kappa shape index (κ1) is 17.8. The molecule has 0 amide bonds. The van der Waals surface area contributed by atoms with E-state index in [1.807, 2.05) is 6.07 Å². The highest BCUT2D eigenvalue weighted by atomic mass is 16.6. The van der Waals surface area contributed by atoms with Crippen molar-refractivity contribution in [2.45, 2.75) is 57.8 Å². The number of ether oxygens (including phenoxy) is 3. The number of carbonyl (C=O) groups is 3. The first-order valence-corrected chi connectivity index (χ1v) is 9.97. The van der Waals surface area contributed by atoms with E-state index < -0.39 is 6.10 Å². The molecule has 0 N–H and O–H groups in total. The Morgan fingerprint density at radius 1 is 1.18 bits per heavy atom. The molecule has 28 heavy (non-hydrogen) atoms. The number of furan rings is 1. The zero-order valence-electron chi connectivity index (χ0n) is 16.0. The van der Waals surface area contributed by atoms with Crippen LogP contribution in [0, 0.1) is 29.1 Å². The lowest BCUT2D eigenvalue weighted by Crippen LogP contribution is -2.59. The van der Waals surface area contributed by atoms with Crippen molar-refractivity contribution >= 4 is 17.9 Å². The van der Waals surface area contributed by atoms with Crippen molar-refractivity contribution in [2.75, 3.05) is 0 Å². The Kier molecular flexibility index (Phi) is 3.87. The number of cyclic esters (lactones) is 1. The van der Waals surface area contributed by atoms with Crippen molar-refractivity contribution in [3.63, 3.8) is 0 Å². The molecule has 2 saturated heterocycles. The average molecular weight is 388 g/mol. The molecule has 0 spiro atoms. The Balaban J connectivity index is 1.54. The monoisotopic (exact) mass is 388 g/mol. The predicted octanol–water partition coefficient (Wildman–Crippen LogP) is 2.79. The van der Waals surface area contributed by atoms with Crippen molar-refractivity contribution < 1.29 is 33.0 Å². The van der Waals surface area contributed by atoms with Crippen LogP contribution < -0.4 is 0 Å². The maximum absolute atomic E-state index is 13.0. The molecule has 2 saturated carbocycles. The highest BCUT2D eigenvalue weighted by molar-refractivity contribution is 5.78. The van der Waals surface area contributed by atoms with Gasteiger partial charge in [0.1, 0.15) is 18.3 Å². The number of hydrogen-bond acceptors (Lipinski definition) is 7. The summed E-state index contributed by atoms with van der Waals surface area (Å²) in [6, 6.07) is 1.82. The van der Waals surface area contributed by atoms with E-state index >= 15 is 0 Å². The fraction of sp³-hybridized carbons (Fsp3) is 0.667. The van der Waals surface area contributed by atoms with E-state index in [1.165, 1.54) is 6.92 Å². The van der Waals surface area contributed by atoms with E-state index in [1.54, 1.807) is 12.5 Å². The maximum atomic E-state index is 13.0. The Morgan fingerprint density at radius 3 is 2.71 bits per heavy atom. The fourth-order valence-electron chi connectivity index (χ4n) is 6.31. The van der Waals surface area contributed by atoms with Gasteiger partial charge in [-0.25, -0.2) is 0 Å². The molecule has 2 aliphatic carbocycles. The summed E-state index contributed by atoms with van der Waals surface area (Å²) in [5, 5.41) is 0. The van der Waals surface area contributed by atoms with E-state index in [9.17, 15) is 14.4 Å². The Labute approximate surface area is 162 Å².